The summed E-state index contributed by atoms with van der Waals surface area (Å²) in [5.41, 5.74) is 7.59. The minimum atomic E-state index is -3.80. The van der Waals surface area contributed by atoms with Gasteiger partial charge in [0.1, 0.15) is 0 Å². The molecule has 1 heterocycles. The van der Waals surface area contributed by atoms with Crippen molar-refractivity contribution in [3.05, 3.63) is 40.1 Å². The molecule has 114 valence electrons. The van der Waals surface area contributed by atoms with E-state index in [0.717, 1.165) is 5.69 Å². The van der Waals surface area contributed by atoms with Crippen LogP contribution in [-0.4, -0.2) is 15.5 Å². The van der Waals surface area contributed by atoms with E-state index in [2.05, 4.69) is 6.92 Å². The smallest absolute Gasteiger partial charge is 0.238 e. The average Bonchev–Trinajstić information content (AvgIpc) is 2.92. The van der Waals surface area contributed by atoms with Crippen molar-refractivity contribution in [2.45, 2.75) is 24.8 Å². The third-order valence-electron chi connectivity index (χ3n) is 3.58. The molecule has 21 heavy (non-hydrogen) atoms. The van der Waals surface area contributed by atoms with Crippen LogP contribution in [0.15, 0.2) is 34.5 Å². The van der Waals surface area contributed by atoms with Gasteiger partial charge in [0.15, 0.2) is 0 Å². The van der Waals surface area contributed by atoms with Crippen molar-refractivity contribution in [3.8, 4) is 0 Å². The number of thiophene rings is 1. The van der Waals surface area contributed by atoms with E-state index in [-0.39, 0.29) is 10.9 Å². The molecule has 1 atom stereocenters. The number of nitrogens with zero attached hydrogens (tertiary/aromatic N) is 1. The zero-order valence-electron chi connectivity index (χ0n) is 12.2. The highest BCUT2D eigenvalue weighted by molar-refractivity contribution is 7.89. The summed E-state index contributed by atoms with van der Waals surface area (Å²) in [4.78, 5) is 3.27. The standard InChI is InChI=1S/C14H19N3O2S2/c1-9-12(7-11(15)8-14(9)21(16,18)19)17(3)10(2)13-5-4-6-20-13/h4-8,10H,15H2,1-3H3,(H2,16,18,19). The first-order valence-corrected chi connectivity index (χ1v) is 8.83. The normalized spacial score (nSPS) is 13.1. The van der Waals surface area contributed by atoms with Crippen molar-refractivity contribution < 1.29 is 8.42 Å². The molecule has 7 heteroatoms. The van der Waals surface area contributed by atoms with Crippen LogP contribution in [0.25, 0.3) is 0 Å². The van der Waals surface area contributed by atoms with Gasteiger partial charge in [0.05, 0.1) is 10.9 Å². The highest BCUT2D eigenvalue weighted by Crippen LogP contribution is 2.34. The van der Waals surface area contributed by atoms with Crippen molar-refractivity contribution in [1.29, 1.82) is 0 Å². The van der Waals surface area contributed by atoms with Crippen molar-refractivity contribution >= 4 is 32.7 Å². The number of nitrogens with two attached hydrogens (primary N) is 2. The van der Waals surface area contributed by atoms with Crippen molar-refractivity contribution in [3.63, 3.8) is 0 Å². The van der Waals surface area contributed by atoms with Gasteiger partial charge >= 0.3 is 0 Å². The van der Waals surface area contributed by atoms with Gasteiger partial charge in [-0.2, -0.15) is 0 Å². The van der Waals surface area contributed by atoms with Gasteiger partial charge in [-0.15, -0.1) is 11.3 Å². The lowest BCUT2D eigenvalue weighted by Gasteiger charge is -2.28. The molecule has 0 aliphatic rings. The molecule has 0 amide bonds. The third-order valence-corrected chi connectivity index (χ3v) is 5.66. The highest BCUT2D eigenvalue weighted by atomic mass is 32.2. The number of nitrogen functional groups attached to an aromatic ring is 1. The molecule has 0 bridgehead atoms. The van der Waals surface area contributed by atoms with Crippen LogP contribution in [0.3, 0.4) is 0 Å². The number of hydrogen-bond donors (Lipinski definition) is 2. The molecule has 1 aromatic heterocycles. The summed E-state index contributed by atoms with van der Waals surface area (Å²) in [5.74, 6) is 0. The molecular formula is C14H19N3O2S2. The van der Waals surface area contributed by atoms with Crippen molar-refractivity contribution in [2.24, 2.45) is 5.14 Å². The largest absolute Gasteiger partial charge is 0.399 e. The zero-order chi connectivity index (χ0) is 15.8. The number of hydrogen-bond acceptors (Lipinski definition) is 5. The summed E-state index contributed by atoms with van der Waals surface area (Å²) in [6, 6.07) is 7.32. The van der Waals surface area contributed by atoms with Crippen molar-refractivity contribution in [2.75, 3.05) is 17.7 Å². The molecule has 0 aliphatic heterocycles. The highest BCUT2D eigenvalue weighted by Gasteiger charge is 2.20. The van der Waals surface area contributed by atoms with Crippen LogP contribution in [0.2, 0.25) is 0 Å². The van der Waals surface area contributed by atoms with Gasteiger partial charge in [-0.25, -0.2) is 13.6 Å². The first-order chi connectivity index (χ1) is 9.71. The van der Waals surface area contributed by atoms with Crippen LogP contribution in [0.4, 0.5) is 11.4 Å². The Kier molecular flexibility index (Phi) is 4.27. The molecule has 1 aromatic carbocycles. The summed E-state index contributed by atoms with van der Waals surface area (Å²) >= 11 is 1.66. The molecule has 4 N–H and O–H groups in total. The van der Waals surface area contributed by atoms with Crippen LogP contribution in [0, 0.1) is 6.92 Å². The van der Waals surface area contributed by atoms with E-state index in [0.29, 0.717) is 11.3 Å². The Bertz CT molecular complexity index is 740. The quantitative estimate of drug-likeness (QED) is 0.845. The van der Waals surface area contributed by atoms with Gasteiger partial charge in [0, 0.05) is 23.3 Å². The van der Waals surface area contributed by atoms with E-state index < -0.39 is 10.0 Å². The maximum atomic E-state index is 11.7. The molecule has 2 aromatic rings. The van der Waals surface area contributed by atoms with Crippen LogP contribution < -0.4 is 15.8 Å². The average molecular weight is 325 g/mol. The van der Waals surface area contributed by atoms with Gasteiger partial charge in [-0.05, 0) is 43.0 Å². The second kappa shape index (κ2) is 5.67. The van der Waals surface area contributed by atoms with Gasteiger partial charge in [-0.1, -0.05) is 6.07 Å². The molecule has 1 unspecified atom stereocenters. The number of primary sulfonamides is 1. The molecule has 2 rings (SSSR count). The van der Waals surface area contributed by atoms with E-state index in [9.17, 15) is 8.42 Å². The number of rotatable bonds is 4. The maximum Gasteiger partial charge on any atom is 0.238 e. The summed E-state index contributed by atoms with van der Waals surface area (Å²) < 4.78 is 23.4. The minimum absolute atomic E-state index is 0.0720. The van der Waals surface area contributed by atoms with Crippen LogP contribution in [0.5, 0.6) is 0 Å². The van der Waals surface area contributed by atoms with Gasteiger partial charge < -0.3 is 10.6 Å². The minimum Gasteiger partial charge on any atom is -0.399 e. The second-order valence-corrected chi connectivity index (χ2v) is 7.52. The molecule has 0 radical (unpaired) electrons. The lowest BCUT2D eigenvalue weighted by molar-refractivity contribution is 0.597. The molecule has 0 saturated carbocycles. The summed E-state index contributed by atoms with van der Waals surface area (Å²) in [5, 5.41) is 7.28. The summed E-state index contributed by atoms with van der Waals surface area (Å²) in [6.45, 7) is 3.80. The first-order valence-electron chi connectivity index (χ1n) is 6.41. The predicted molar refractivity (Wildman–Crippen MR) is 88.1 cm³/mol. The predicted octanol–water partition coefficient (Wildman–Crippen LogP) is 2.48. The Morgan fingerprint density at radius 2 is 2.00 bits per heavy atom. The molecular weight excluding hydrogens is 306 g/mol. The Morgan fingerprint density at radius 1 is 1.33 bits per heavy atom. The van der Waals surface area contributed by atoms with Crippen LogP contribution >= 0.6 is 11.3 Å². The molecule has 0 saturated heterocycles. The van der Waals surface area contributed by atoms with Crippen molar-refractivity contribution in [1.82, 2.24) is 0 Å². The van der Waals surface area contributed by atoms with E-state index in [1.165, 1.54) is 10.9 Å². The van der Waals surface area contributed by atoms with E-state index in [1.54, 1.807) is 24.3 Å². The van der Waals surface area contributed by atoms with E-state index >= 15 is 0 Å². The second-order valence-electron chi connectivity index (χ2n) is 5.01. The third kappa shape index (κ3) is 3.20. The lowest BCUT2D eigenvalue weighted by atomic mass is 10.1. The summed E-state index contributed by atoms with van der Waals surface area (Å²) in [6.07, 6.45) is 0. The van der Waals surface area contributed by atoms with Gasteiger partial charge in [0.25, 0.3) is 0 Å². The Labute approximate surface area is 129 Å². The monoisotopic (exact) mass is 325 g/mol. The van der Waals surface area contributed by atoms with Gasteiger partial charge in [-0.3, -0.25) is 0 Å². The topological polar surface area (TPSA) is 89.4 Å². The molecule has 5 nitrogen and oxygen atoms in total. The molecule has 0 spiro atoms. The Morgan fingerprint density at radius 3 is 2.52 bits per heavy atom. The van der Waals surface area contributed by atoms with E-state index in [4.69, 9.17) is 10.9 Å². The summed E-state index contributed by atoms with van der Waals surface area (Å²) in [7, 11) is -1.88. The SMILES string of the molecule is Cc1c(N(C)C(C)c2cccs2)cc(N)cc1S(N)(=O)=O. The zero-order valence-corrected chi connectivity index (χ0v) is 13.8. The maximum absolute atomic E-state index is 11.7. The number of benzene rings is 1. The van der Waals surface area contributed by atoms with Gasteiger partial charge in [0.2, 0.25) is 10.0 Å². The fraction of sp³-hybridized carbons (Fsp3) is 0.286. The fourth-order valence-electron chi connectivity index (χ4n) is 2.28. The molecule has 0 aliphatic carbocycles. The number of sulfonamides is 1. The molecule has 0 fully saturated rings. The van der Waals surface area contributed by atoms with Crippen LogP contribution in [0.1, 0.15) is 23.4 Å². The Hall–Kier alpha value is -1.57. The first kappa shape index (κ1) is 15.8. The lowest BCUT2D eigenvalue weighted by Crippen LogP contribution is -2.23. The Balaban J connectivity index is 2.51. The fourth-order valence-corrected chi connectivity index (χ4v) is 3.94. The van der Waals surface area contributed by atoms with E-state index in [1.807, 2.05) is 29.5 Å². The van der Waals surface area contributed by atoms with Crippen LogP contribution in [-0.2, 0) is 10.0 Å². The number of anilines is 2.